The molecule has 0 unspecified atom stereocenters. The summed E-state index contributed by atoms with van der Waals surface area (Å²) in [7, 11) is 0. The molecule has 0 saturated heterocycles. The minimum atomic E-state index is -0.517. The number of benzene rings is 1. The second kappa shape index (κ2) is 3.35. The van der Waals surface area contributed by atoms with E-state index in [2.05, 4.69) is 6.58 Å². The van der Waals surface area contributed by atoms with Crippen molar-refractivity contribution in [1.29, 1.82) is 0 Å². The molecule has 0 saturated carbocycles. The third-order valence-electron chi connectivity index (χ3n) is 1.58. The molecule has 1 atom stereocenters. The molecule has 1 aromatic rings. The summed E-state index contributed by atoms with van der Waals surface area (Å²) in [5, 5.41) is 9.50. The van der Waals surface area contributed by atoms with Crippen LogP contribution in [0.4, 0.5) is 0 Å². The number of hydrogen-bond donors (Lipinski definition) is 1. The first-order valence-electron chi connectivity index (χ1n) is 3.60. The molecule has 0 bridgehead atoms. The lowest BCUT2D eigenvalue weighted by molar-refractivity contribution is 0.216. The number of aliphatic hydroxyl groups is 1. The van der Waals surface area contributed by atoms with Gasteiger partial charge in [0.15, 0.2) is 0 Å². The highest BCUT2D eigenvalue weighted by Gasteiger charge is 2.05. The molecule has 0 amide bonds. The van der Waals surface area contributed by atoms with Crippen LogP contribution in [0.15, 0.2) is 42.5 Å². The summed E-state index contributed by atoms with van der Waals surface area (Å²) in [6.45, 7) is 5.50. The lowest BCUT2D eigenvalue weighted by atomic mass is 10.0. The monoisotopic (exact) mass is 148 g/mol. The van der Waals surface area contributed by atoms with Gasteiger partial charge in [-0.2, -0.15) is 0 Å². The minimum Gasteiger partial charge on any atom is -0.384 e. The number of hydrogen-bond acceptors (Lipinski definition) is 1. The van der Waals surface area contributed by atoms with E-state index in [1.807, 2.05) is 37.3 Å². The molecule has 0 aromatic heterocycles. The standard InChI is InChI=1S/C10H12O/c1-8(2)10(11)9-6-4-3-5-7-9/h3-7,10-11H,1H2,2H3/t10-/m0/s1. The Bertz CT molecular complexity index is 238. The van der Waals surface area contributed by atoms with Crippen LogP contribution in [0.1, 0.15) is 18.6 Å². The van der Waals surface area contributed by atoms with Crippen LogP contribution in [0.5, 0.6) is 0 Å². The van der Waals surface area contributed by atoms with E-state index in [-0.39, 0.29) is 0 Å². The Morgan fingerprint density at radius 1 is 1.36 bits per heavy atom. The maximum Gasteiger partial charge on any atom is 0.0995 e. The smallest absolute Gasteiger partial charge is 0.0995 e. The predicted octanol–water partition coefficient (Wildman–Crippen LogP) is 2.30. The highest BCUT2D eigenvalue weighted by atomic mass is 16.3. The second-order valence-corrected chi connectivity index (χ2v) is 2.66. The van der Waals surface area contributed by atoms with Crippen LogP contribution < -0.4 is 0 Å². The van der Waals surface area contributed by atoms with Crippen LogP contribution >= 0.6 is 0 Å². The molecule has 1 rings (SSSR count). The maximum absolute atomic E-state index is 9.50. The molecule has 0 radical (unpaired) electrons. The summed E-state index contributed by atoms with van der Waals surface area (Å²) in [6.07, 6.45) is -0.517. The van der Waals surface area contributed by atoms with Crippen LogP contribution in [-0.4, -0.2) is 5.11 Å². The largest absolute Gasteiger partial charge is 0.384 e. The van der Waals surface area contributed by atoms with Gasteiger partial charge in [0.05, 0.1) is 6.10 Å². The van der Waals surface area contributed by atoms with E-state index in [0.717, 1.165) is 11.1 Å². The van der Waals surface area contributed by atoms with E-state index in [1.54, 1.807) is 0 Å². The van der Waals surface area contributed by atoms with Gasteiger partial charge < -0.3 is 5.11 Å². The fourth-order valence-corrected chi connectivity index (χ4v) is 0.920. The zero-order chi connectivity index (χ0) is 8.27. The Morgan fingerprint density at radius 2 is 1.91 bits per heavy atom. The average Bonchev–Trinajstić information content (AvgIpc) is 2.05. The van der Waals surface area contributed by atoms with Gasteiger partial charge in [-0.15, -0.1) is 0 Å². The quantitative estimate of drug-likeness (QED) is 0.638. The Hall–Kier alpha value is -1.08. The molecule has 0 fully saturated rings. The van der Waals surface area contributed by atoms with Crippen molar-refractivity contribution in [2.75, 3.05) is 0 Å². The van der Waals surface area contributed by atoms with Crippen molar-refractivity contribution >= 4 is 0 Å². The van der Waals surface area contributed by atoms with Crippen LogP contribution in [0.2, 0.25) is 0 Å². The first-order chi connectivity index (χ1) is 5.22. The molecule has 1 heteroatoms. The SMILES string of the molecule is C=C(C)[C@H](O)c1ccccc1. The predicted molar refractivity (Wildman–Crippen MR) is 46.2 cm³/mol. The van der Waals surface area contributed by atoms with Crippen LogP contribution in [0.3, 0.4) is 0 Å². The number of rotatable bonds is 2. The molecule has 0 heterocycles. The van der Waals surface area contributed by atoms with Gasteiger partial charge in [-0.3, -0.25) is 0 Å². The molecule has 0 spiro atoms. The van der Waals surface area contributed by atoms with Gasteiger partial charge in [-0.25, -0.2) is 0 Å². The minimum absolute atomic E-state index is 0.517. The summed E-state index contributed by atoms with van der Waals surface area (Å²) < 4.78 is 0. The topological polar surface area (TPSA) is 20.2 Å². The molecule has 58 valence electrons. The van der Waals surface area contributed by atoms with Crippen LogP contribution in [0, 0.1) is 0 Å². The fraction of sp³-hybridized carbons (Fsp3) is 0.200. The van der Waals surface area contributed by atoms with E-state index in [9.17, 15) is 5.11 Å². The van der Waals surface area contributed by atoms with E-state index >= 15 is 0 Å². The lowest BCUT2D eigenvalue weighted by Crippen LogP contribution is -1.96. The molecule has 1 nitrogen and oxygen atoms in total. The lowest BCUT2D eigenvalue weighted by Gasteiger charge is -2.09. The molecule has 11 heavy (non-hydrogen) atoms. The van der Waals surface area contributed by atoms with E-state index in [1.165, 1.54) is 0 Å². The average molecular weight is 148 g/mol. The summed E-state index contributed by atoms with van der Waals surface area (Å²) in [6, 6.07) is 9.51. The fourth-order valence-electron chi connectivity index (χ4n) is 0.920. The molecule has 0 aliphatic heterocycles. The van der Waals surface area contributed by atoms with Crippen LogP contribution in [-0.2, 0) is 0 Å². The molecule has 1 aromatic carbocycles. The van der Waals surface area contributed by atoms with E-state index in [4.69, 9.17) is 0 Å². The van der Waals surface area contributed by atoms with Crippen molar-refractivity contribution < 1.29 is 5.11 Å². The molecule has 0 aliphatic carbocycles. The first kappa shape index (κ1) is 8.02. The molecular weight excluding hydrogens is 136 g/mol. The Balaban J connectivity index is 2.85. The van der Waals surface area contributed by atoms with Gasteiger partial charge in [-0.1, -0.05) is 36.9 Å². The van der Waals surface area contributed by atoms with Crippen molar-refractivity contribution in [3.05, 3.63) is 48.0 Å². The van der Waals surface area contributed by atoms with Crippen molar-refractivity contribution in [1.82, 2.24) is 0 Å². The summed E-state index contributed by atoms with van der Waals surface area (Å²) in [5.41, 5.74) is 1.68. The normalized spacial score (nSPS) is 12.5. The van der Waals surface area contributed by atoms with Crippen molar-refractivity contribution in [2.45, 2.75) is 13.0 Å². The Morgan fingerprint density at radius 3 is 2.36 bits per heavy atom. The van der Waals surface area contributed by atoms with Crippen LogP contribution in [0.25, 0.3) is 0 Å². The van der Waals surface area contributed by atoms with Gasteiger partial charge in [0.2, 0.25) is 0 Å². The summed E-state index contributed by atoms with van der Waals surface area (Å²) in [4.78, 5) is 0. The highest BCUT2D eigenvalue weighted by molar-refractivity contribution is 5.23. The van der Waals surface area contributed by atoms with Crippen molar-refractivity contribution in [2.24, 2.45) is 0 Å². The van der Waals surface area contributed by atoms with Gasteiger partial charge >= 0.3 is 0 Å². The molecule has 0 aliphatic rings. The van der Waals surface area contributed by atoms with E-state index < -0.39 is 6.10 Å². The highest BCUT2D eigenvalue weighted by Crippen LogP contribution is 2.18. The van der Waals surface area contributed by atoms with Gasteiger partial charge in [-0.05, 0) is 18.1 Å². The van der Waals surface area contributed by atoms with Crippen molar-refractivity contribution in [3.63, 3.8) is 0 Å². The van der Waals surface area contributed by atoms with Gasteiger partial charge in [0, 0.05) is 0 Å². The number of aliphatic hydroxyl groups excluding tert-OH is 1. The zero-order valence-corrected chi connectivity index (χ0v) is 6.62. The zero-order valence-electron chi connectivity index (χ0n) is 6.62. The third kappa shape index (κ3) is 1.92. The van der Waals surface area contributed by atoms with Gasteiger partial charge in [0.1, 0.15) is 0 Å². The maximum atomic E-state index is 9.50. The molecular formula is C10H12O. The van der Waals surface area contributed by atoms with E-state index in [0.29, 0.717) is 0 Å². The Kier molecular flexibility index (Phi) is 2.44. The second-order valence-electron chi connectivity index (χ2n) is 2.66. The first-order valence-corrected chi connectivity index (χ1v) is 3.60. The molecule has 1 N–H and O–H groups in total. The summed E-state index contributed by atoms with van der Waals surface area (Å²) >= 11 is 0. The van der Waals surface area contributed by atoms with Crippen molar-refractivity contribution in [3.8, 4) is 0 Å². The summed E-state index contributed by atoms with van der Waals surface area (Å²) in [5.74, 6) is 0. The van der Waals surface area contributed by atoms with Gasteiger partial charge in [0.25, 0.3) is 0 Å². The third-order valence-corrected chi connectivity index (χ3v) is 1.58. The Labute approximate surface area is 67.0 Å².